The van der Waals surface area contributed by atoms with E-state index in [1.54, 1.807) is 12.3 Å². The number of aliphatic hydroxyl groups is 1. The highest BCUT2D eigenvalue weighted by Crippen LogP contribution is 2.30. The van der Waals surface area contributed by atoms with Crippen molar-refractivity contribution >= 4 is 17.5 Å². The Kier molecular flexibility index (Phi) is 4.65. The van der Waals surface area contributed by atoms with Crippen molar-refractivity contribution in [1.29, 1.82) is 0 Å². The molecule has 2 aliphatic rings. The molecule has 142 valence electrons. The molecule has 1 saturated heterocycles. The number of rotatable bonds is 4. The Morgan fingerprint density at radius 2 is 2.11 bits per heavy atom. The van der Waals surface area contributed by atoms with Crippen LogP contribution >= 0.6 is 0 Å². The molecule has 7 nitrogen and oxygen atoms in total. The second-order valence-electron chi connectivity index (χ2n) is 6.99. The lowest BCUT2D eigenvalue weighted by Crippen LogP contribution is -2.34. The van der Waals surface area contributed by atoms with Crippen LogP contribution in [-0.2, 0) is 13.0 Å². The van der Waals surface area contributed by atoms with Gasteiger partial charge in [0, 0.05) is 43.7 Å². The molecule has 8 heteroatoms. The van der Waals surface area contributed by atoms with Crippen molar-refractivity contribution in [3.63, 3.8) is 0 Å². The van der Waals surface area contributed by atoms with Gasteiger partial charge >= 0.3 is 5.97 Å². The zero-order valence-corrected chi connectivity index (χ0v) is 14.8. The second-order valence-corrected chi connectivity index (χ2v) is 6.99. The van der Waals surface area contributed by atoms with Gasteiger partial charge in [0.05, 0.1) is 12.6 Å². The van der Waals surface area contributed by atoms with Gasteiger partial charge in [0.2, 0.25) is 5.95 Å². The summed E-state index contributed by atoms with van der Waals surface area (Å²) in [7, 11) is 0. The summed E-state index contributed by atoms with van der Waals surface area (Å²) in [5.41, 5.74) is 2.65. The predicted molar refractivity (Wildman–Crippen MR) is 97.6 cm³/mol. The van der Waals surface area contributed by atoms with Crippen molar-refractivity contribution in [2.24, 2.45) is 0 Å². The summed E-state index contributed by atoms with van der Waals surface area (Å²) in [6.07, 6.45) is 4.09. The first-order valence-electron chi connectivity index (χ1n) is 9.06. The maximum atomic E-state index is 14.2. The molecular weight excluding hydrogens is 351 g/mol. The summed E-state index contributed by atoms with van der Waals surface area (Å²) >= 11 is 0. The van der Waals surface area contributed by atoms with Crippen molar-refractivity contribution in [3.05, 3.63) is 47.2 Å². The number of aromatic carboxylic acids is 1. The molecule has 1 fully saturated rings. The fourth-order valence-corrected chi connectivity index (χ4v) is 3.92. The predicted octanol–water partition coefficient (Wildman–Crippen LogP) is 1.84. The van der Waals surface area contributed by atoms with Crippen LogP contribution < -0.4 is 9.80 Å². The molecular formula is C19H21FN4O3. The van der Waals surface area contributed by atoms with E-state index in [0.29, 0.717) is 25.3 Å². The van der Waals surface area contributed by atoms with E-state index >= 15 is 0 Å². The normalized spacial score (nSPS) is 19.3. The van der Waals surface area contributed by atoms with E-state index in [1.807, 2.05) is 15.9 Å². The number of carboxylic acids is 1. The lowest BCUT2D eigenvalue weighted by atomic mass is 10.0. The Morgan fingerprint density at radius 3 is 2.89 bits per heavy atom. The van der Waals surface area contributed by atoms with Crippen molar-refractivity contribution in [3.8, 4) is 0 Å². The van der Waals surface area contributed by atoms with Crippen LogP contribution in [0.5, 0.6) is 0 Å². The Labute approximate surface area is 156 Å². The van der Waals surface area contributed by atoms with Gasteiger partial charge in [-0.15, -0.1) is 0 Å². The topological polar surface area (TPSA) is 89.8 Å². The monoisotopic (exact) mass is 372 g/mol. The molecule has 0 radical (unpaired) electrons. The van der Waals surface area contributed by atoms with Crippen LogP contribution in [0.4, 0.5) is 15.9 Å². The van der Waals surface area contributed by atoms with Gasteiger partial charge in [-0.25, -0.2) is 14.8 Å². The van der Waals surface area contributed by atoms with Crippen molar-refractivity contribution < 1.29 is 19.4 Å². The number of aliphatic hydroxyl groups excluding tert-OH is 1. The van der Waals surface area contributed by atoms with Gasteiger partial charge in [-0.2, -0.15) is 4.39 Å². The molecule has 0 spiro atoms. The first-order chi connectivity index (χ1) is 13.0. The van der Waals surface area contributed by atoms with Crippen LogP contribution in [0.1, 0.15) is 34.5 Å². The number of hydrogen-bond donors (Lipinski definition) is 2. The Hall–Kier alpha value is -2.74. The Morgan fingerprint density at radius 1 is 1.26 bits per heavy atom. The molecule has 2 aromatic rings. The van der Waals surface area contributed by atoms with E-state index in [4.69, 9.17) is 5.11 Å². The first kappa shape index (κ1) is 17.7. The van der Waals surface area contributed by atoms with E-state index in [-0.39, 0.29) is 18.3 Å². The minimum atomic E-state index is -1.04. The van der Waals surface area contributed by atoms with Crippen LogP contribution in [0.15, 0.2) is 24.4 Å². The van der Waals surface area contributed by atoms with Crippen LogP contribution in [0, 0.1) is 5.95 Å². The molecule has 0 aromatic carbocycles. The number of anilines is 2. The van der Waals surface area contributed by atoms with Crippen molar-refractivity contribution in [1.82, 2.24) is 9.97 Å². The fourth-order valence-electron chi connectivity index (χ4n) is 3.92. The number of halogens is 1. The molecule has 1 unspecified atom stereocenters. The minimum Gasteiger partial charge on any atom is -0.477 e. The van der Waals surface area contributed by atoms with E-state index in [9.17, 15) is 14.3 Å². The summed E-state index contributed by atoms with van der Waals surface area (Å²) in [4.78, 5) is 23.1. The number of hydrogen-bond acceptors (Lipinski definition) is 6. The van der Waals surface area contributed by atoms with E-state index < -0.39 is 11.9 Å². The van der Waals surface area contributed by atoms with Crippen LogP contribution in [0.25, 0.3) is 0 Å². The SMILES string of the molecule is O=C(O)c1cc2c(cn1)CN(c1cc(N3CCCC3CO)cc(F)n1)CC2. The highest BCUT2D eigenvalue weighted by molar-refractivity contribution is 5.85. The Bertz CT molecular complexity index is 876. The highest BCUT2D eigenvalue weighted by Gasteiger charge is 2.26. The molecule has 2 aliphatic heterocycles. The summed E-state index contributed by atoms with van der Waals surface area (Å²) in [6, 6.07) is 4.90. The van der Waals surface area contributed by atoms with Crippen molar-refractivity contribution in [2.75, 3.05) is 29.5 Å². The molecule has 2 aromatic heterocycles. The Balaban J connectivity index is 1.60. The average molecular weight is 372 g/mol. The lowest BCUT2D eigenvalue weighted by Gasteiger charge is -2.31. The summed E-state index contributed by atoms with van der Waals surface area (Å²) in [5.74, 6) is -1.04. The van der Waals surface area contributed by atoms with Crippen LogP contribution in [0.3, 0.4) is 0 Å². The quantitative estimate of drug-likeness (QED) is 0.792. The fraction of sp³-hybridized carbons (Fsp3) is 0.421. The average Bonchev–Trinajstić information content (AvgIpc) is 3.15. The molecule has 4 rings (SSSR count). The first-order valence-corrected chi connectivity index (χ1v) is 9.06. The molecule has 1 atom stereocenters. The van der Waals surface area contributed by atoms with Crippen LogP contribution in [-0.4, -0.2) is 51.9 Å². The number of carbonyl (C=O) groups is 1. The van der Waals surface area contributed by atoms with Gasteiger partial charge in [-0.05, 0) is 36.5 Å². The number of nitrogens with zero attached hydrogens (tertiary/aromatic N) is 4. The van der Waals surface area contributed by atoms with Gasteiger partial charge in [-0.3, -0.25) is 0 Å². The third-order valence-electron chi connectivity index (χ3n) is 5.32. The standard InChI is InChI=1S/C19H21FN4O3/c20-17-7-15(24-4-1-2-14(24)11-25)8-18(22-17)23-5-3-12-6-16(19(26)27)21-9-13(12)10-23/h6-9,14,25H,1-5,10-11H2,(H,26,27). The second kappa shape index (κ2) is 7.11. The smallest absolute Gasteiger partial charge is 0.354 e. The molecule has 0 bridgehead atoms. The zero-order chi connectivity index (χ0) is 19.0. The van der Waals surface area contributed by atoms with E-state index in [0.717, 1.165) is 36.2 Å². The van der Waals surface area contributed by atoms with E-state index in [1.165, 1.54) is 6.07 Å². The van der Waals surface area contributed by atoms with Gasteiger partial charge in [0.25, 0.3) is 0 Å². The summed E-state index contributed by atoms with van der Waals surface area (Å²) in [5, 5.41) is 18.6. The van der Waals surface area contributed by atoms with E-state index in [2.05, 4.69) is 9.97 Å². The van der Waals surface area contributed by atoms with Gasteiger partial charge in [-0.1, -0.05) is 0 Å². The molecule has 4 heterocycles. The third kappa shape index (κ3) is 3.44. The summed E-state index contributed by atoms with van der Waals surface area (Å²) < 4.78 is 14.2. The third-order valence-corrected chi connectivity index (χ3v) is 5.32. The summed E-state index contributed by atoms with van der Waals surface area (Å²) in [6.45, 7) is 1.96. The molecule has 2 N–H and O–H groups in total. The maximum absolute atomic E-state index is 14.2. The van der Waals surface area contributed by atoms with Crippen LogP contribution in [0.2, 0.25) is 0 Å². The maximum Gasteiger partial charge on any atom is 0.354 e. The molecule has 0 saturated carbocycles. The van der Waals surface area contributed by atoms with Crippen molar-refractivity contribution in [2.45, 2.75) is 31.8 Å². The van der Waals surface area contributed by atoms with Gasteiger partial charge < -0.3 is 20.0 Å². The zero-order valence-electron chi connectivity index (χ0n) is 14.8. The number of aromatic nitrogens is 2. The molecule has 0 amide bonds. The van der Waals surface area contributed by atoms with Gasteiger partial charge in [0.15, 0.2) is 0 Å². The lowest BCUT2D eigenvalue weighted by molar-refractivity contribution is 0.0690. The molecule has 0 aliphatic carbocycles. The number of carboxylic acid groups (broad SMARTS) is 1. The van der Waals surface area contributed by atoms with Gasteiger partial charge in [0.1, 0.15) is 11.5 Å². The largest absolute Gasteiger partial charge is 0.477 e. The number of pyridine rings is 2. The highest BCUT2D eigenvalue weighted by atomic mass is 19.1. The number of fused-ring (bicyclic) bond motifs is 1. The molecule has 27 heavy (non-hydrogen) atoms. The minimum absolute atomic E-state index is 0.0142.